The molecule has 0 radical (unpaired) electrons. The molecule has 1 nitrogen and oxygen atoms in total. The number of benzene rings is 1. The number of rotatable bonds is 5. The Balaban J connectivity index is 2.53. The zero-order valence-corrected chi connectivity index (χ0v) is 10.8. The molecule has 1 rings (SSSR count). The molecule has 1 aromatic rings. The molecule has 0 aliphatic rings. The first kappa shape index (κ1) is 12.7. The molecule has 1 unspecified atom stereocenters. The highest BCUT2D eigenvalue weighted by Gasteiger charge is 2.05. The van der Waals surface area contributed by atoms with E-state index < -0.39 is 0 Å². The maximum Gasteiger partial charge on any atom is 0.123 e. The lowest BCUT2D eigenvalue weighted by atomic mass is 10.0. The highest BCUT2D eigenvalue weighted by Crippen LogP contribution is 2.20. The van der Waals surface area contributed by atoms with Gasteiger partial charge in [-0.3, -0.25) is 0 Å². The van der Waals surface area contributed by atoms with Crippen molar-refractivity contribution in [2.45, 2.75) is 19.8 Å². The van der Waals surface area contributed by atoms with E-state index in [1.54, 1.807) is 12.1 Å². The van der Waals surface area contributed by atoms with Crippen molar-refractivity contribution in [3.05, 3.63) is 34.1 Å². The van der Waals surface area contributed by atoms with Crippen LogP contribution in [0, 0.1) is 11.7 Å². The second-order valence-electron chi connectivity index (χ2n) is 3.94. The second kappa shape index (κ2) is 6.23. The number of aryl methyl sites for hydroxylation is 1. The summed E-state index contributed by atoms with van der Waals surface area (Å²) >= 11 is 3.44. The predicted molar refractivity (Wildman–Crippen MR) is 65.5 cm³/mol. The largest absolute Gasteiger partial charge is 0.319 e. The van der Waals surface area contributed by atoms with Gasteiger partial charge < -0.3 is 5.32 Å². The van der Waals surface area contributed by atoms with Crippen molar-refractivity contribution in [2.75, 3.05) is 13.6 Å². The summed E-state index contributed by atoms with van der Waals surface area (Å²) in [6.07, 6.45) is 1.99. The van der Waals surface area contributed by atoms with Crippen LogP contribution in [-0.4, -0.2) is 13.6 Å². The molecule has 84 valence electrons. The summed E-state index contributed by atoms with van der Waals surface area (Å²) < 4.78 is 14.0. The fourth-order valence-corrected chi connectivity index (χ4v) is 2.03. The fraction of sp³-hybridized carbons (Fsp3) is 0.500. The van der Waals surface area contributed by atoms with Crippen molar-refractivity contribution in [1.29, 1.82) is 0 Å². The van der Waals surface area contributed by atoms with Gasteiger partial charge >= 0.3 is 0 Å². The molecule has 1 N–H and O–H groups in total. The third-order valence-corrected chi connectivity index (χ3v) is 3.24. The normalized spacial score (nSPS) is 12.8. The smallest absolute Gasteiger partial charge is 0.123 e. The Hall–Kier alpha value is -0.410. The van der Waals surface area contributed by atoms with E-state index >= 15 is 0 Å². The van der Waals surface area contributed by atoms with Crippen LogP contribution >= 0.6 is 15.9 Å². The molecular formula is C12H17BrFN. The van der Waals surface area contributed by atoms with Crippen LogP contribution in [-0.2, 0) is 6.42 Å². The molecule has 0 saturated carbocycles. The minimum Gasteiger partial charge on any atom is -0.319 e. The van der Waals surface area contributed by atoms with Crippen LogP contribution in [0.2, 0.25) is 0 Å². The van der Waals surface area contributed by atoms with Crippen molar-refractivity contribution in [1.82, 2.24) is 5.32 Å². The second-order valence-corrected chi connectivity index (χ2v) is 4.79. The summed E-state index contributed by atoms with van der Waals surface area (Å²) in [5.74, 6) is 0.458. The molecule has 1 atom stereocenters. The molecule has 0 fully saturated rings. The molecule has 15 heavy (non-hydrogen) atoms. The molecule has 0 bridgehead atoms. The van der Waals surface area contributed by atoms with Gasteiger partial charge in [-0.1, -0.05) is 22.9 Å². The van der Waals surface area contributed by atoms with Crippen molar-refractivity contribution in [3.8, 4) is 0 Å². The fourth-order valence-electron chi connectivity index (χ4n) is 1.59. The van der Waals surface area contributed by atoms with Gasteiger partial charge in [-0.05, 0) is 56.1 Å². The SMILES string of the molecule is CNCC(C)CCc1cc(F)ccc1Br. The van der Waals surface area contributed by atoms with Crippen LogP contribution in [0.15, 0.2) is 22.7 Å². The van der Waals surface area contributed by atoms with Crippen LogP contribution < -0.4 is 5.32 Å². The van der Waals surface area contributed by atoms with E-state index in [0.29, 0.717) is 5.92 Å². The van der Waals surface area contributed by atoms with Gasteiger partial charge in [-0.25, -0.2) is 4.39 Å². The highest BCUT2D eigenvalue weighted by atomic mass is 79.9. The number of hydrogen-bond acceptors (Lipinski definition) is 1. The topological polar surface area (TPSA) is 12.0 Å². The van der Waals surface area contributed by atoms with Crippen molar-refractivity contribution in [3.63, 3.8) is 0 Å². The van der Waals surface area contributed by atoms with Crippen molar-refractivity contribution >= 4 is 15.9 Å². The molecule has 0 aromatic heterocycles. The van der Waals surface area contributed by atoms with Gasteiger partial charge in [0.25, 0.3) is 0 Å². The Morgan fingerprint density at radius 3 is 2.87 bits per heavy atom. The Bertz CT molecular complexity index is 314. The van der Waals surface area contributed by atoms with E-state index in [0.717, 1.165) is 29.4 Å². The zero-order valence-electron chi connectivity index (χ0n) is 9.19. The molecule has 0 amide bonds. The highest BCUT2D eigenvalue weighted by molar-refractivity contribution is 9.10. The van der Waals surface area contributed by atoms with Crippen LogP contribution in [0.4, 0.5) is 4.39 Å². The van der Waals surface area contributed by atoms with Crippen LogP contribution in [0.1, 0.15) is 18.9 Å². The quantitative estimate of drug-likeness (QED) is 0.868. The monoisotopic (exact) mass is 273 g/mol. The Morgan fingerprint density at radius 1 is 1.47 bits per heavy atom. The van der Waals surface area contributed by atoms with E-state index in [-0.39, 0.29) is 5.82 Å². The molecule has 0 aliphatic heterocycles. The third-order valence-electron chi connectivity index (χ3n) is 2.47. The molecule has 0 heterocycles. The summed E-state index contributed by atoms with van der Waals surface area (Å²) in [7, 11) is 1.95. The van der Waals surface area contributed by atoms with Gasteiger partial charge in [0.15, 0.2) is 0 Å². The molecule has 0 spiro atoms. The van der Waals surface area contributed by atoms with Gasteiger partial charge in [0.05, 0.1) is 0 Å². The molecule has 3 heteroatoms. The predicted octanol–water partition coefficient (Wildman–Crippen LogP) is 3.38. The Kier molecular flexibility index (Phi) is 5.26. The van der Waals surface area contributed by atoms with E-state index in [2.05, 4.69) is 28.2 Å². The summed E-state index contributed by atoms with van der Waals surface area (Å²) in [6.45, 7) is 3.20. The number of nitrogens with one attached hydrogen (secondary N) is 1. The molecular weight excluding hydrogens is 257 g/mol. The van der Waals surface area contributed by atoms with E-state index in [1.807, 2.05) is 7.05 Å². The van der Waals surface area contributed by atoms with E-state index in [1.165, 1.54) is 6.07 Å². The summed E-state index contributed by atoms with van der Waals surface area (Å²) in [4.78, 5) is 0. The van der Waals surface area contributed by atoms with E-state index in [9.17, 15) is 4.39 Å². The van der Waals surface area contributed by atoms with Crippen LogP contribution in [0.3, 0.4) is 0 Å². The Morgan fingerprint density at radius 2 is 2.20 bits per heavy atom. The third kappa shape index (κ3) is 4.31. The zero-order chi connectivity index (χ0) is 11.3. The average Bonchev–Trinajstić information content (AvgIpc) is 2.20. The van der Waals surface area contributed by atoms with Crippen LogP contribution in [0.25, 0.3) is 0 Å². The standard InChI is InChI=1S/C12H17BrFN/c1-9(8-15-2)3-4-10-7-11(14)5-6-12(10)13/h5-7,9,15H,3-4,8H2,1-2H3. The van der Waals surface area contributed by atoms with E-state index in [4.69, 9.17) is 0 Å². The van der Waals surface area contributed by atoms with Crippen LogP contribution in [0.5, 0.6) is 0 Å². The Labute approximate surface area is 99.2 Å². The average molecular weight is 274 g/mol. The lowest BCUT2D eigenvalue weighted by Crippen LogP contribution is -2.16. The van der Waals surface area contributed by atoms with Gasteiger partial charge in [0.2, 0.25) is 0 Å². The van der Waals surface area contributed by atoms with Crippen molar-refractivity contribution < 1.29 is 4.39 Å². The summed E-state index contributed by atoms with van der Waals surface area (Å²) in [5, 5.41) is 3.14. The number of hydrogen-bond donors (Lipinski definition) is 1. The summed E-state index contributed by atoms with van der Waals surface area (Å²) in [6, 6.07) is 4.86. The first-order valence-electron chi connectivity index (χ1n) is 5.22. The number of halogens is 2. The van der Waals surface area contributed by atoms with Crippen molar-refractivity contribution in [2.24, 2.45) is 5.92 Å². The van der Waals surface area contributed by atoms with Gasteiger partial charge in [0, 0.05) is 4.47 Å². The summed E-state index contributed by atoms with van der Waals surface area (Å²) in [5.41, 5.74) is 1.05. The first-order valence-corrected chi connectivity index (χ1v) is 6.01. The lowest BCUT2D eigenvalue weighted by Gasteiger charge is -2.11. The first-order chi connectivity index (χ1) is 7.13. The minimum atomic E-state index is -0.158. The maximum absolute atomic E-state index is 13.0. The lowest BCUT2D eigenvalue weighted by molar-refractivity contribution is 0.503. The van der Waals surface area contributed by atoms with Gasteiger partial charge in [-0.2, -0.15) is 0 Å². The minimum absolute atomic E-state index is 0.158. The van der Waals surface area contributed by atoms with Gasteiger partial charge in [-0.15, -0.1) is 0 Å². The van der Waals surface area contributed by atoms with Gasteiger partial charge in [0.1, 0.15) is 5.82 Å². The maximum atomic E-state index is 13.0. The molecule has 0 aliphatic carbocycles. The molecule has 0 saturated heterocycles. The molecule has 1 aromatic carbocycles.